The standard InChI is InChI=1S/C9H8N4O4/c14-8(15)5-13-4-6(3-10-13)11-9(16)7-1-2-17-12-7/h1-4H,5H2,(H,11,16)(H,14,15). The number of amides is 1. The molecule has 2 aromatic heterocycles. The molecule has 17 heavy (non-hydrogen) atoms. The Bertz CT molecular complexity index is 531. The second kappa shape index (κ2) is 4.47. The number of carboxylic acids is 1. The minimum Gasteiger partial charge on any atom is -0.480 e. The van der Waals surface area contributed by atoms with Crippen LogP contribution in [0, 0.1) is 0 Å². The molecule has 8 heteroatoms. The van der Waals surface area contributed by atoms with Gasteiger partial charge < -0.3 is 14.9 Å². The fourth-order valence-corrected chi connectivity index (χ4v) is 1.18. The molecule has 2 heterocycles. The van der Waals surface area contributed by atoms with E-state index >= 15 is 0 Å². The number of rotatable bonds is 4. The Morgan fingerprint density at radius 2 is 2.35 bits per heavy atom. The molecule has 0 saturated carbocycles. The lowest BCUT2D eigenvalue weighted by molar-refractivity contribution is -0.137. The van der Waals surface area contributed by atoms with E-state index in [0.717, 1.165) is 0 Å². The molecule has 2 N–H and O–H groups in total. The lowest BCUT2D eigenvalue weighted by Crippen LogP contribution is -2.12. The Kier molecular flexibility index (Phi) is 2.86. The summed E-state index contributed by atoms with van der Waals surface area (Å²) in [5.41, 5.74) is 0.523. The second-order valence-electron chi connectivity index (χ2n) is 3.16. The number of anilines is 1. The maximum atomic E-state index is 11.5. The van der Waals surface area contributed by atoms with Crippen molar-refractivity contribution in [3.8, 4) is 0 Å². The van der Waals surface area contributed by atoms with E-state index in [1.54, 1.807) is 0 Å². The Hall–Kier alpha value is -2.64. The van der Waals surface area contributed by atoms with Gasteiger partial charge in [0, 0.05) is 12.3 Å². The summed E-state index contributed by atoms with van der Waals surface area (Å²) in [5.74, 6) is -1.46. The highest BCUT2D eigenvalue weighted by molar-refractivity contribution is 6.02. The van der Waals surface area contributed by atoms with Gasteiger partial charge in [0.05, 0.1) is 11.9 Å². The predicted molar refractivity (Wildman–Crippen MR) is 54.3 cm³/mol. The third-order valence-electron chi connectivity index (χ3n) is 1.86. The fourth-order valence-electron chi connectivity index (χ4n) is 1.18. The zero-order valence-corrected chi connectivity index (χ0v) is 8.53. The summed E-state index contributed by atoms with van der Waals surface area (Å²) in [6, 6.07) is 1.41. The van der Waals surface area contributed by atoms with E-state index < -0.39 is 11.9 Å². The van der Waals surface area contributed by atoms with Gasteiger partial charge in [0.1, 0.15) is 12.8 Å². The molecule has 0 aromatic carbocycles. The number of nitrogens with one attached hydrogen (secondary N) is 1. The molecule has 8 nitrogen and oxygen atoms in total. The van der Waals surface area contributed by atoms with E-state index in [1.165, 1.54) is 29.4 Å². The molecule has 0 atom stereocenters. The second-order valence-corrected chi connectivity index (χ2v) is 3.16. The summed E-state index contributed by atoms with van der Waals surface area (Å²) in [4.78, 5) is 21.9. The van der Waals surface area contributed by atoms with Crippen LogP contribution in [0.4, 0.5) is 5.69 Å². The van der Waals surface area contributed by atoms with E-state index in [1.807, 2.05) is 0 Å². The highest BCUT2D eigenvalue weighted by Gasteiger charge is 2.10. The molecular formula is C9H8N4O4. The van der Waals surface area contributed by atoms with E-state index in [4.69, 9.17) is 5.11 Å². The number of hydrogen-bond acceptors (Lipinski definition) is 5. The van der Waals surface area contributed by atoms with Crippen LogP contribution in [-0.4, -0.2) is 31.9 Å². The molecule has 0 unspecified atom stereocenters. The Morgan fingerprint density at radius 1 is 1.53 bits per heavy atom. The van der Waals surface area contributed by atoms with E-state index in [-0.39, 0.29) is 12.2 Å². The minimum absolute atomic E-state index is 0.135. The third kappa shape index (κ3) is 2.68. The van der Waals surface area contributed by atoms with Crippen molar-refractivity contribution >= 4 is 17.6 Å². The van der Waals surface area contributed by atoms with Crippen molar-refractivity contribution in [2.24, 2.45) is 0 Å². The summed E-state index contributed by atoms with van der Waals surface area (Å²) in [7, 11) is 0. The number of aromatic nitrogens is 3. The lowest BCUT2D eigenvalue weighted by Gasteiger charge is -1.97. The van der Waals surface area contributed by atoms with Gasteiger partial charge >= 0.3 is 5.97 Å². The van der Waals surface area contributed by atoms with Crippen molar-refractivity contribution in [3.63, 3.8) is 0 Å². The first-order chi connectivity index (χ1) is 8.15. The number of carboxylic acid groups (broad SMARTS) is 1. The molecule has 0 spiro atoms. The highest BCUT2D eigenvalue weighted by atomic mass is 16.5. The molecule has 0 fully saturated rings. The number of hydrogen-bond donors (Lipinski definition) is 2. The normalized spacial score (nSPS) is 10.1. The largest absolute Gasteiger partial charge is 0.480 e. The maximum absolute atomic E-state index is 11.5. The van der Waals surface area contributed by atoms with Crippen LogP contribution in [-0.2, 0) is 11.3 Å². The molecule has 88 valence electrons. The molecule has 0 aliphatic rings. The molecule has 0 bridgehead atoms. The Labute approximate surface area is 94.8 Å². The first-order valence-electron chi connectivity index (χ1n) is 4.61. The van der Waals surface area contributed by atoms with Gasteiger partial charge in [-0.15, -0.1) is 0 Å². The Morgan fingerprint density at radius 3 is 3.00 bits per heavy atom. The average molecular weight is 236 g/mol. The van der Waals surface area contributed by atoms with E-state index in [9.17, 15) is 9.59 Å². The summed E-state index contributed by atoms with van der Waals surface area (Å²) in [6.07, 6.45) is 4.04. The number of nitrogens with zero attached hydrogens (tertiary/aromatic N) is 3. The topological polar surface area (TPSA) is 110 Å². The number of aliphatic carboxylic acids is 1. The van der Waals surface area contributed by atoms with Crippen LogP contribution in [0.5, 0.6) is 0 Å². The molecule has 0 saturated heterocycles. The zero-order chi connectivity index (χ0) is 12.3. The monoisotopic (exact) mass is 236 g/mol. The average Bonchev–Trinajstić information content (AvgIpc) is 2.87. The molecule has 0 aliphatic carbocycles. The van der Waals surface area contributed by atoms with Gasteiger partial charge in [-0.05, 0) is 0 Å². The number of carbonyl (C=O) groups is 2. The minimum atomic E-state index is -1.01. The van der Waals surface area contributed by atoms with E-state index in [0.29, 0.717) is 5.69 Å². The molecule has 0 radical (unpaired) electrons. The van der Waals surface area contributed by atoms with Gasteiger partial charge in [-0.2, -0.15) is 5.10 Å². The first kappa shape index (κ1) is 10.9. The van der Waals surface area contributed by atoms with Crippen LogP contribution in [0.15, 0.2) is 29.2 Å². The molecule has 0 aliphatic heterocycles. The first-order valence-corrected chi connectivity index (χ1v) is 4.61. The lowest BCUT2D eigenvalue weighted by atomic mass is 10.4. The van der Waals surface area contributed by atoms with Crippen LogP contribution in [0.2, 0.25) is 0 Å². The zero-order valence-electron chi connectivity index (χ0n) is 8.53. The van der Waals surface area contributed by atoms with Crippen LogP contribution >= 0.6 is 0 Å². The van der Waals surface area contributed by atoms with Crippen molar-refractivity contribution in [1.82, 2.24) is 14.9 Å². The van der Waals surface area contributed by atoms with Gasteiger partial charge in [-0.1, -0.05) is 5.16 Å². The van der Waals surface area contributed by atoms with Crippen LogP contribution in [0.3, 0.4) is 0 Å². The van der Waals surface area contributed by atoms with Gasteiger partial charge in [0.15, 0.2) is 5.69 Å². The SMILES string of the molecule is O=C(O)Cn1cc(NC(=O)c2ccon2)cn1. The van der Waals surface area contributed by atoms with Crippen molar-refractivity contribution in [2.45, 2.75) is 6.54 Å². The third-order valence-corrected chi connectivity index (χ3v) is 1.86. The van der Waals surface area contributed by atoms with Crippen LogP contribution < -0.4 is 5.32 Å². The summed E-state index contributed by atoms with van der Waals surface area (Å²) >= 11 is 0. The molecular weight excluding hydrogens is 228 g/mol. The van der Waals surface area contributed by atoms with Crippen molar-refractivity contribution < 1.29 is 19.2 Å². The van der Waals surface area contributed by atoms with Crippen molar-refractivity contribution in [1.29, 1.82) is 0 Å². The summed E-state index contributed by atoms with van der Waals surface area (Å²) in [6.45, 7) is -0.264. The van der Waals surface area contributed by atoms with Gasteiger partial charge in [-0.25, -0.2) is 0 Å². The van der Waals surface area contributed by atoms with Crippen molar-refractivity contribution in [3.05, 3.63) is 30.4 Å². The summed E-state index contributed by atoms with van der Waals surface area (Å²) in [5, 5.41) is 18.3. The van der Waals surface area contributed by atoms with Crippen molar-refractivity contribution in [2.75, 3.05) is 5.32 Å². The molecule has 1 amide bonds. The quantitative estimate of drug-likeness (QED) is 0.784. The number of carbonyl (C=O) groups excluding carboxylic acids is 1. The fraction of sp³-hybridized carbons (Fsp3) is 0.111. The van der Waals surface area contributed by atoms with Gasteiger partial charge in [0.25, 0.3) is 5.91 Å². The molecule has 2 rings (SSSR count). The predicted octanol–water partition coefficient (Wildman–Crippen LogP) is 0.208. The maximum Gasteiger partial charge on any atom is 0.325 e. The summed E-state index contributed by atoms with van der Waals surface area (Å²) < 4.78 is 5.72. The van der Waals surface area contributed by atoms with Gasteiger partial charge in [0.2, 0.25) is 0 Å². The smallest absolute Gasteiger partial charge is 0.325 e. The highest BCUT2D eigenvalue weighted by Crippen LogP contribution is 2.07. The van der Waals surface area contributed by atoms with Crippen LogP contribution in [0.1, 0.15) is 10.5 Å². The van der Waals surface area contributed by atoms with E-state index in [2.05, 4.69) is 20.1 Å². The Balaban J connectivity index is 2.02. The molecule has 2 aromatic rings. The van der Waals surface area contributed by atoms with Gasteiger partial charge in [-0.3, -0.25) is 14.3 Å². The van der Waals surface area contributed by atoms with Crippen LogP contribution in [0.25, 0.3) is 0 Å².